The minimum Gasteiger partial charge on any atom is -0.489 e. The van der Waals surface area contributed by atoms with Crippen LogP contribution in [0.2, 0.25) is 0 Å². The molecule has 3 rings (SSSR count). The molecule has 2 heterocycles. The van der Waals surface area contributed by atoms with E-state index in [1.807, 2.05) is 6.07 Å². The third kappa shape index (κ3) is 2.83. The molecule has 0 spiro atoms. The molecule has 1 unspecified atom stereocenters. The van der Waals surface area contributed by atoms with Crippen LogP contribution in [0.4, 0.5) is 5.69 Å². The molecule has 21 heavy (non-hydrogen) atoms. The van der Waals surface area contributed by atoms with Crippen LogP contribution in [0.3, 0.4) is 0 Å². The second-order valence-corrected chi connectivity index (χ2v) is 6.29. The summed E-state index contributed by atoms with van der Waals surface area (Å²) in [6.07, 6.45) is 2.29. The number of aromatic carboxylic acids is 1. The number of hydrogen-bond donors (Lipinski definition) is 1. The van der Waals surface area contributed by atoms with E-state index >= 15 is 0 Å². The maximum Gasteiger partial charge on any atom is 0.339 e. The zero-order valence-electron chi connectivity index (χ0n) is 12.5. The molecule has 2 aliphatic heterocycles. The number of hydrogen-bond acceptors (Lipinski definition) is 4. The highest BCUT2D eigenvalue weighted by atomic mass is 16.5. The third-order valence-electron chi connectivity index (χ3n) is 4.15. The number of rotatable bonds is 3. The first-order valence-corrected chi connectivity index (χ1v) is 7.38. The first-order chi connectivity index (χ1) is 9.96. The van der Waals surface area contributed by atoms with Crippen LogP contribution in [0.1, 0.15) is 37.0 Å². The number of anilines is 1. The first-order valence-electron chi connectivity index (χ1n) is 7.38. The number of benzene rings is 1. The fraction of sp³-hybridized carbons (Fsp3) is 0.562. The smallest absolute Gasteiger partial charge is 0.339 e. The van der Waals surface area contributed by atoms with Gasteiger partial charge in [-0.25, -0.2) is 4.79 Å². The van der Waals surface area contributed by atoms with Crippen molar-refractivity contribution >= 4 is 11.7 Å². The van der Waals surface area contributed by atoms with Gasteiger partial charge in [-0.3, -0.25) is 0 Å². The van der Waals surface area contributed by atoms with E-state index < -0.39 is 5.97 Å². The molecule has 0 radical (unpaired) electrons. The number of carbonyl (C=O) groups is 1. The molecule has 1 saturated heterocycles. The van der Waals surface area contributed by atoms with E-state index in [4.69, 9.17) is 9.47 Å². The van der Waals surface area contributed by atoms with Crippen LogP contribution in [-0.4, -0.2) is 42.5 Å². The van der Waals surface area contributed by atoms with E-state index in [1.54, 1.807) is 12.1 Å². The number of ether oxygens (including phenoxy) is 2. The summed E-state index contributed by atoms with van der Waals surface area (Å²) in [6.45, 7) is 6.28. The lowest BCUT2D eigenvalue weighted by Crippen LogP contribution is -2.39. The molecule has 1 aromatic carbocycles. The Morgan fingerprint density at radius 1 is 1.48 bits per heavy atom. The molecule has 0 bridgehead atoms. The van der Waals surface area contributed by atoms with Gasteiger partial charge in [0.2, 0.25) is 0 Å². The Kier molecular flexibility index (Phi) is 3.53. The highest BCUT2D eigenvalue weighted by Crippen LogP contribution is 2.37. The minimum absolute atomic E-state index is 0.0529. The Balaban J connectivity index is 1.81. The molecule has 1 fully saturated rings. The van der Waals surface area contributed by atoms with Gasteiger partial charge in [-0.1, -0.05) is 6.07 Å². The van der Waals surface area contributed by atoms with Crippen molar-refractivity contribution in [1.29, 1.82) is 0 Å². The largest absolute Gasteiger partial charge is 0.489 e. The summed E-state index contributed by atoms with van der Waals surface area (Å²) in [5.74, 6) is -0.472. The Bertz CT molecular complexity index is 555. The van der Waals surface area contributed by atoms with Crippen molar-refractivity contribution in [3.63, 3.8) is 0 Å². The van der Waals surface area contributed by atoms with Crippen LogP contribution in [0.25, 0.3) is 0 Å². The number of carboxylic acids is 1. The van der Waals surface area contributed by atoms with Crippen LogP contribution in [-0.2, 0) is 4.74 Å². The first kappa shape index (κ1) is 14.2. The molecule has 1 aromatic rings. The van der Waals surface area contributed by atoms with Gasteiger partial charge in [0.15, 0.2) is 5.75 Å². The minimum atomic E-state index is -0.952. The molecular formula is C16H21NO4. The van der Waals surface area contributed by atoms with Crippen molar-refractivity contribution in [1.82, 2.24) is 0 Å². The van der Waals surface area contributed by atoms with Crippen molar-refractivity contribution in [3.8, 4) is 5.75 Å². The third-order valence-corrected chi connectivity index (χ3v) is 4.15. The van der Waals surface area contributed by atoms with Crippen LogP contribution in [0.15, 0.2) is 18.2 Å². The molecular weight excluding hydrogens is 270 g/mol. The van der Waals surface area contributed by atoms with Crippen molar-refractivity contribution in [2.75, 3.05) is 24.6 Å². The summed E-state index contributed by atoms with van der Waals surface area (Å²) in [5, 5.41) is 9.26. The zero-order valence-corrected chi connectivity index (χ0v) is 12.5. The lowest BCUT2D eigenvalue weighted by Gasteiger charge is -2.34. The molecule has 1 atom stereocenters. The zero-order chi connectivity index (χ0) is 15.0. The van der Waals surface area contributed by atoms with Crippen molar-refractivity contribution in [2.24, 2.45) is 0 Å². The fourth-order valence-electron chi connectivity index (χ4n) is 3.11. The van der Waals surface area contributed by atoms with Crippen LogP contribution in [0, 0.1) is 0 Å². The predicted octanol–water partition coefficient (Wildman–Crippen LogP) is 2.54. The molecule has 0 aliphatic carbocycles. The van der Waals surface area contributed by atoms with Gasteiger partial charge in [-0.2, -0.15) is 0 Å². The average Bonchev–Trinajstić information content (AvgIpc) is 2.77. The SMILES string of the molecule is CC1(C)CCC(CN2CCOc3c(C(=O)O)cccc32)O1. The second-order valence-electron chi connectivity index (χ2n) is 6.29. The van der Waals surface area contributed by atoms with Gasteiger partial charge < -0.3 is 19.5 Å². The highest BCUT2D eigenvalue weighted by Gasteiger charge is 2.34. The molecule has 1 N–H and O–H groups in total. The van der Waals surface area contributed by atoms with Gasteiger partial charge in [0.05, 0.1) is 23.9 Å². The Hall–Kier alpha value is -1.75. The van der Waals surface area contributed by atoms with Crippen LogP contribution in [0.5, 0.6) is 5.75 Å². The number of fused-ring (bicyclic) bond motifs is 1. The highest BCUT2D eigenvalue weighted by molar-refractivity contribution is 5.93. The summed E-state index contributed by atoms with van der Waals surface area (Å²) in [7, 11) is 0. The fourth-order valence-corrected chi connectivity index (χ4v) is 3.11. The van der Waals surface area contributed by atoms with Crippen molar-refractivity contribution in [2.45, 2.75) is 38.4 Å². The summed E-state index contributed by atoms with van der Waals surface area (Å²) in [4.78, 5) is 13.5. The quantitative estimate of drug-likeness (QED) is 0.927. The van der Waals surface area contributed by atoms with Gasteiger partial charge in [-0.05, 0) is 38.8 Å². The van der Waals surface area contributed by atoms with Gasteiger partial charge in [0.1, 0.15) is 12.2 Å². The monoisotopic (exact) mass is 291 g/mol. The van der Waals surface area contributed by atoms with Gasteiger partial charge in [0.25, 0.3) is 0 Å². The van der Waals surface area contributed by atoms with Crippen LogP contribution < -0.4 is 9.64 Å². The Labute approximate surface area is 124 Å². The van der Waals surface area contributed by atoms with E-state index in [0.29, 0.717) is 12.4 Å². The maximum atomic E-state index is 11.3. The van der Waals surface area contributed by atoms with Crippen molar-refractivity contribution in [3.05, 3.63) is 23.8 Å². The summed E-state index contributed by atoms with van der Waals surface area (Å²) < 4.78 is 11.6. The predicted molar refractivity (Wildman–Crippen MR) is 79.3 cm³/mol. The normalized spacial score (nSPS) is 23.5. The van der Waals surface area contributed by atoms with E-state index in [2.05, 4.69) is 18.7 Å². The van der Waals surface area contributed by atoms with Crippen molar-refractivity contribution < 1.29 is 19.4 Å². The maximum absolute atomic E-state index is 11.3. The number of nitrogens with zero attached hydrogens (tertiary/aromatic N) is 1. The second kappa shape index (κ2) is 5.22. The summed E-state index contributed by atoms with van der Waals surface area (Å²) in [5.41, 5.74) is 1.03. The topological polar surface area (TPSA) is 59.0 Å². The van der Waals surface area contributed by atoms with E-state index in [9.17, 15) is 9.90 Å². The average molecular weight is 291 g/mol. The van der Waals surface area contributed by atoms with E-state index in [1.165, 1.54) is 0 Å². The lowest BCUT2D eigenvalue weighted by atomic mass is 10.1. The Morgan fingerprint density at radius 2 is 2.29 bits per heavy atom. The molecule has 0 amide bonds. The molecule has 5 heteroatoms. The van der Waals surface area contributed by atoms with Gasteiger partial charge >= 0.3 is 5.97 Å². The molecule has 114 valence electrons. The summed E-state index contributed by atoms with van der Waals surface area (Å²) >= 11 is 0. The molecule has 2 aliphatic rings. The lowest BCUT2D eigenvalue weighted by molar-refractivity contribution is -0.0119. The number of carboxylic acid groups (broad SMARTS) is 1. The molecule has 0 saturated carbocycles. The van der Waals surface area contributed by atoms with Crippen LogP contribution >= 0.6 is 0 Å². The van der Waals surface area contributed by atoms with E-state index in [-0.39, 0.29) is 17.3 Å². The summed E-state index contributed by atoms with van der Waals surface area (Å²) in [6, 6.07) is 5.27. The molecule has 5 nitrogen and oxygen atoms in total. The van der Waals surface area contributed by atoms with E-state index in [0.717, 1.165) is 31.6 Å². The van der Waals surface area contributed by atoms with Gasteiger partial charge in [-0.15, -0.1) is 0 Å². The van der Waals surface area contributed by atoms with Gasteiger partial charge in [0, 0.05) is 6.54 Å². The standard InChI is InChI=1S/C16H21NO4/c1-16(2)7-6-11(21-16)10-17-8-9-20-14-12(15(18)19)4-3-5-13(14)17/h3-5,11H,6-10H2,1-2H3,(H,18,19). The molecule has 0 aromatic heterocycles. The number of para-hydroxylation sites is 1. The Morgan fingerprint density at radius 3 is 2.95 bits per heavy atom.